The second-order valence-electron chi connectivity index (χ2n) is 5.30. The lowest BCUT2D eigenvalue weighted by Gasteiger charge is -2.04. The molecular weight excluding hydrogens is 360 g/mol. The molecule has 0 aliphatic carbocycles. The van der Waals surface area contributed by atoms with Crippen LogP contribution in [0.1, 0.15) is 46.0 Å². The van der Waals surface area contributed by atoms with Crippen LogP contribution in [0.2, 0.25) is 0 Å². The Morgan fingerprint density at radius 2 is 1.91 bits per heavy atom. The molecule has 0 unspecified atom stereocenters. The Morgan fingerprint density at radius 3 is 2.64 bits per heavy atom. The second-order valence-corrected chi connectivity index (χ2v) is 6.36. The van der Waals surface area contributed by atoms with Crippen LogP contribution in [-0.4, -0.2) is 21.9 Å². The van der Waals surface area contributed by atoms with Crippen molar-refractivity contribution in [3.63, 3.8) is 0 Å². The Hall–Kier alpha value is -0.680. The zero-order valence-corrected chi connectivity index (χ0v) is 16.3. The first-order valence-electron chi connectivity index (χ1n) is 7.98. The quantitative estimate of drug-likeness (QED) is 0.413. The summed E-state index contributed by atoms with van der Waals surface area (Å²) in [5.74, 6) is 2.07. The molecular formula is C17H27BrN2OS. The molecule has 0 fully saturated rings. The SMILES string of the molecule is Br.CCCCCCCSc1nc2ccc(OCC)cc2n1C. The van der Waals surface area contributed by atoms with Gasteiger partial charge in [0.15, 0.2) is 5.16 Å². The number of nitrogens with zero attached hydrogens (tertiary/aromatic N) is 2. The predicted molar refractivity (Wildman–Crippen MR) is 102 cm³/mol. The number of aromatic nitrogens is 2. The van der Waals surface area contributed by atoms with Crippen molar-refractivity contribution in [2.24, 2.45) is 7.05 Å². The van der Waals surface area contributed by atoms with Crippen LogP contribution in [-0.2, 0) is 7.05 Å². The van der Waals surface area contributed by atoms with E-state index in [9.17, 15) is 0 Å². The van der Waals surface area contributed by atoms with E-state index in [1.165, 1.54) is 32.1 Å². The monoisotopic (exact) mass is 386 g/mol. The highest BCUT2D eigenvalue weighted by Crippen LogP contribution is 2.26. The number of halogens is 1. The molecule has 0 spiro atoms. The van der Waals surface area contributed by atoms with E-state index in [1.807, 2.05) is 30.8 Å². The first kappa shape index (κ1) is 19.4. The summed E-state index contributed by atoms with van der Waals surface area (Å²) in [7, 11) is 2.09. The second kappa shape index (κ2) is 10.2. The minimum absolute atomic E-state index is 0. The number of thioether (sulfide) groups is 1. The summed E-state index contributed by atoms with van der Waals surface area (Å²) in [5, 5.41) is 1.11. The van der Waals surface area contributed by atoms with Crippen molar-refractivity contribution in [2.45, 2.75) is 51.1 Å². The molecule has 0 aliphatic heterocycles. The van der Waals surface area contributed by atoms with Gasteiger partial charge in [-0.15, -0.1) is 17.0 Å². The van der Waals surface area contributed by atoms with Crippen LogP contribution in [0, 0.1) is 0 Å². The summed E-state index contributed by atoms with van der Waals surface area (Å²) in [6.07, 6.45) is 6.63. The number of rotatable bonds is 9. The topological polar surface area (TPSA) is 27.1 Å². The molecule has 5 heteroatoms. The summed E-state index contributed by atoms with van der Waals surface area (Å²) in [4.78, 5) is 4.72. The maximum absolute atomic E-state index is 5.57. The van der Waals surface area contributed by atoms with Gasteiger partial charge < -0.3 is 9.30 Å². The Kier molecular flexibility index (Phi) is 8.95. The average molecular weight is 387 g/mol. The zero-order valence-electron chi connectivity index (χ0n) is 13.8. The molecule has 3 nitrogen and oxygen atoms in total. The molecule has 0 amide bonds. The smallest absolute Gasteiger partial charge is 0.168 e. The van der Waals surface area contributed by atoms with E-state index in [0.717, 1.165) is 27.7 Å². The van der Waals surface area contributed by atoms with Crippen molar-refractivity contribution in [1.29, 1.82) is 0 Å². The predicted octanol–water partition coefficient (Wildman–Crippen LogP) is 5.61. The number of benzene rings is 1. The van der Waals surface area contributed by atoms with Crippen LogP contribution in [0.25, 0.3) is 11.0 Å². The summed E-state index contributed by atoms with van der Waals surface area (Å²) in [5.41, 5.74) is 2.20. The van der Waals surface area contributed by atoms with Crippen molar-refractivity contribution in [1.82, 2.24) is 9.55 Å². The molecule has 0 bridgehead atoms. The standard InChI is InChI=1S/C17H26N2OS.BrH/c1-4-6-7-8-9-12-21-17-18-15-11-10-14(20-5-2)13-16(15)19(17)3;/h10-11,13H,4-9,12H2,1-3H3;1H. The van der Waals surface area contributed by atoms with Gasteiger partial charge in [-0.2, -0.15) is 0 Å². The Bertz CT molecular complexity index is 571. The molecule has 2 aromatic rings. The third-order valence-corrected chi connectivity index (χ3v) is 4.72. The van der Waals surface area contributed by atoms with E-state index in [0.29, 0.717) is 6.61 Å². The number of aryl methyl sites for hydroxylation is 1. The van der Waals surface area contributed by atoms with Gasteiger partial charge in [0.1, 0.15) is 5.75 Å². The fourth-order valence-corrected chi connectivity index (χ4v) is 3.39. The fraction of sp³-hybridized carbons (Fsp3) is 0.588. The Labute approximate surface area is 148 Å². The van der Waals surface area contributed by atoms with Gasteiger partial charge in [-0.1, -0.05) is 44.4 Å². The van der Waals surface area contributed by atoms with Gasteiger partial charge in [-0.3, -0.25) is 0 Å². The summed E-state index contributed by atoms with van der Waals surface area (Å²) in [6, 6.07) is 6.13. The summed E-state index contributed by atoms with van der Waals surface area (Å²) >= 11 is 1.86. The molecule has 0 atom stereocenters. The molecule has 0 saturated carbocycles. The highest BCUT2D eigenvalue weighted by molar-refractivity contribution is 8.93. The normalized spacial score (nSPS) is 10.7. The molecule has 124 valence electrons. The molecule has 0 aliphatic rings. The highest BCUT2D eigenvalue weighted by atomic mass is 79.9. The largest absolute Gasteiger partial charge is 0.494 e. The first-order valence-corrected chi connectivity index (χ1v) is 8.97. The van der Waals surface area contributed by atoms with Crippen LogP contribution in [0.4, 0.5) is 0 Å². The van der Waals surface area contributed by atoms with Gasteiger partial charge in [0, 0.05) is 18.9 Å². The van der Waals surface area contributed by atoms with Gasteiger partial charge in [0.2, 0.25) is 0 Å². The van der Waals surface area contributed by atoms with E-state index >= 15 is 0 Å². The first-order chi connectivity index (χ1) is 10.3. The van der Waals surface area contributed by atoms with Crippen molar-refractivity contribution in [3.8, 4) is 5.75 Å². The van der Waals surface area contributed by atoms with Crippen molar-refractivity contribution in [2.75, 3.05) is 12.4 Å². The van der Waals surface area contributed by atoms with Crippen molar-refractivity contribution >= 4 is 39.8 Å². The molecule has 1 heterocycles. The Morgan fingerprint density at radius 1 is 1.14 bits per heavy atom. The molecule has 0 saturated heterocycles. The lowest BCUT2D eigenvalue weighted by molar-refractivity contribution is 0.340. The molecule has 1 aromatic carbocycles. The minimum Gasteiger partial charge on any atom is -0.494 e. The van der Waals surface area contributed by atoms with Crippen LogP contribution < -0.4 is 4.74 Å². The summed E-state index contributed by atoms with van der Waals surface area (Å²) in [6.45, 7) is 4.96. The third-order valence-electron chi connectivity index (χ3n) is 3.60. The number of hydrogen-bond acceptors (Lipinski definition) is 3. The van der Waals surface area contributed by atoms with Gasteiger partial charge in [0.05, 0.1) is 17.6 Å². The highest BCUT2D eigenvalue weighted by Gasteiger charge is 2.09. The molecule has 1 aromatic heterocycles. The molecule has 2 rings (SSSR count). The van der Waals surface area contributed by atoms with E-state index in [1.54, 1.807) is 0 Å². The van der Waals surface area contributed by atoms with Crippen LogP contribution in [0.3, 0.4) is 0 Å². The van der Waals surface area contributed by atoms with E-state index in [4.69, 9.17) is 9.72 Å². The zero-order chi connectivity index (χ0) is 15.1. The number of fused-ring (bicyclic) bond motifs is 1. The van der Waals surface area contributed by atoms with Gasteiger partial charge >= 0.3 is 0 Å². The summed E-state index contributed by atoms with van der Waals surface area (Å²) < 4.78 is 7.74. The lowest BCUT2D eigenvalue weighted by Crippen LogP contribution is -1.93. The molecule has 0 radical (unpaired) electrons. The fourth-order valence-electron chi connectivity index (χ4n) is 2.40. The number of hydrogen-bond donors (Lipinski definition) is 0. The van der Waals surface area contributed by atoms with Gasteiger partial charge in [-0.05, 0) is 25.5 Å². The molecule has 22 heavy (non-hydrogen) atoms. The maximum atomic E-state index is 5.57. The number of ether oxygens (including phenoxy) is 1. The van der Waals surface area contributed by atoms with E-state index in [-0.39, 0.29) is 17.0 Å². The maximum Gasteiger partial charge on any atom is 0.168 e. The lowest BCUT2D eigenvalue weighted by atomic mass is 10.2. The van der Waals surface area contributed by atoms with Crippen LogP contribution in [0.15, 0.2) is 23.4 Å². The number of imidazole rings is 1. The van der Waals surface area contributed by atoms with Gasteiger partial charge in [0.25, 0.3) is 0 Å². The van der Waals surface area contributed by atoms with Crippen LogP contribution in [0.5, 0.6) is 5.75 Å². The van der Waals surface area contributed by atoms with Crippen LogP contribution >= 0.6 is 28.7 Å². The van der Waals surface area contributed by atoms with Gasteiger partial charge in [-0.25, -0.2) is 4.98 Å². The van der Waals surface area contributed by atoms with E-state index in [2.05, 4.69) is 24.6 Å². The number of unbranched alkanes of at least 4 members (excludes halogenated alkanes) is 4. The van der Waals surface area contributed by atoms with Crippen molar-refractivity contribution in [3.05, 3.63) is 18.2 Å². The Balaban J connectivity index is 0.00000242. The van der Waals surface area contributed by atoms with Crippen molar-refractivity contribution < 1.29 is 4.74 Å². The minimum atomic E-state index is 0. The molecule has 0 N–H and O–H groups in total. The van der Waals surface area contributed by atoms with E-state index < -0.39 is 0 Å². The average Bonchev–Trinajstić information content (AvgIpc) is 2.80. The third kappa shape index (κ3) is 5.20.